The zero-order valence-corrected chi connectivity index (χ0v) is 27.5. The van der Waals surface area contributed by atoms with Crippen molar-refractivity contribution in [2.75, 3.05) is 21.3 Å². The minimum Gasteiger partial charge on any atom is -0.507 e. The number of hydrogen-bond donors (Lipinski definition) is 3. The zero-order chi connectivity index (χ0) is 35.8. The number of carbonyl (C=O) groups is 3. The highest BCUT2D eigenvalue weighted by Gasteiger charge is 2.23. The molecule has 0 aliphatic carbocycles. The summed E-state index contributed by atoms with van der Waals surface area (Å²) in [7, 11) is 3.69. The molecule has 4 rings (SSSR count). The smallest absolute Gasteiger partial charge is 0.347 e. The number of esters is 3. The van der Waals surface area contributed by atoms with E-state index in [0.717, 1.165) is 0 Å². The van der Waals surface area contributed by atoms with Gasteiger partial charge in [0.1, 0.15) is 34.5 Å². The fourth-order valence-electron chi connectivity index (χ4n) is 4.49. The molecule has 1 aromatic heterocycles. The van der Waals surface area contributed by atoms with Gasteiger partial charge in [0, 0.05) is 18.2 Å². The summed E-state index contributed by atoms with van der Waals surface area (Å²) in [5, 5.41) is 33.0. The van der Waals surface area contributed by atoms with Gasteiger partial charge in [0.15, 0.2) is 35.8 Å². The summed E-state index contributed by atoms with van der Waals surface area (Å²) >= 11 is 0. The van der Waals surface area contributed by atoms with Gasteiger partial charge in [0.2, 0.25) is 0 Å². The predicted octanol–water partition coefficient (Wildman–Crippen LogP) is 4.20. The van der Waals surface area contributed by atoms with Gasteiger partial charge in [-0.3, -0.25) is 0 Å². The monoisotopic (exact) mass is 677 g/mol. The maximum atomic E-state index is 12.0. The fraction of sp³-hybridized carbons (Fsp3) is 0.294. The molecule has 3 unspecified atom stereocenters. The number of carbonyl (C=O) groups excluding carboxylic acids is 3. The molecule has 0 aliphatic heterocycles. The van der Waals surface area contributed by atoms with Gasteiger partial charge in [-0.15, -0.1) is 0 Å². The summed E-state index contributed by atoms with van der Waals surface area (Å²) in [6.45, 7) is 4.72. The van der Waals surface area contributed by atoms with Crippen molar-refractivity contribution in [3.05, 3.63) is 54.6 Å². The van der Waals surface area contributed by atoms with Crippen LogP contribution in [0.4, 0.5) is 0 Å². The Morgan fingerprint density at radius 1 is 0.571 bits per heavy atom. The van der Waals surface area contributed by atoms with E-state index in [4.69, 9.17) is 18.9 Å². The average molecular weight is 678 g/mol. The second kappa shape index (κ2) is 15.6. The number of methoxy groups -OCH3 is 3. The Labute approximate surface area is 281 Å². The second-order valence-corrected chi connectivity index (χ2v) is 10.4. The molecule has 49 heavy (non-hydrogen) atoms. The number of nitrogens with zero attached hydrogens (tertiary/aromatic N) is 3. The Kier molecular flexibility index (Phi) is 11.4. The topological polar surface area (TPSA) is 206 Å². The summed E-state index contributed by atoms with van der Waals surface area (Å²) < 4.78 is 30.9. The molecule has 0 radical (unpaired) electrons. The van der Waals surface area contributed by atoms with Gasteiger partial charge in [-0.1, -0.05) is 6.92 Å². The van der Waals surface area contributed by atoms with Gasteiger partial charge in [0.25, 0.3) is 0 Å². The van der Waals surface area contributed by atoms with E-state index in [-0.39, 0.29) is 68.7 Å². The van der Waals surface area contributed by atoms with Crippen LogP contribution in [-0.4, -0.2) is 87.8 Å². The van der Waals surface area contributed by atoms with Crippen LogP contribution in [0.1, 0.15) is 27.2 Å². The minimum absolute atomic E-state index is 0.0536. The summed E-state index contributed by atoms with van der Waals surface area (Å²) in [6, 6.07) is 12.7. The number of benzene rings is 3. The molecule has 0 saturated heterocycles. The molecule has 0 saturated carbocycles. The van der Waals surface area contributed by atoms with Crippen LogP contribution >= 0.6 is 0 Å². The highest BCUT2D eigenvalue weighted by molar-refractivity contribution is 5.77. The minimum atomic E-state index is -0.952. The molecule has 0 aliphatic rings. The molecule has 0 bridgehead atoms. The van der Waals surface area contributed by atoms with Crippen LogP contribution in [0.25, 0.3) is 34.2 Å². The van der Waals surface area contributed by atoms with E-state index in [1.54, 1.807) is 6.92 Å². The largest absolute Gasteiger partial charge is 0.507 e. The van der Waals surface area contributed by atoms with Crippen LogP contribution in [0.3, 0.4) is 0 Å². The third-order valence-electron chi connectivity index (χ3n) is 7.07. The van der Waals surface area contributed by atoms with Crippen molar-refractivity contribution in [2.24, 2.45) is 0 Å². The maximum Gasteiger partial charge on any atom is 0.347 e. The lowest BCUT2D eigenvalue weighted by molar-refractivity contribution is -0.149. The first-order valence-electron chi connectivity index (χ1n) is 14.9. The van der Waals surface area contributed by atoms with E-state index >= 15 is 0 Å². The Morgan fingerprint density at radius 3 is 1.18 bits per heavy atom. The number of rotatable bonds is 13. The van der Waals surface area contributed by atoms with E-state index in [2.05, 4.69) is 24.4 Å². The second-order valence-electron chi connectivity index (χ2n) is 10.4. The highest BCUT2D eigenvalue weighted by atomic mass is 16.6. The molecule has 0 fully saturated rings. The number of phenols is 3. The van der Waals surface area contributed by atoms with Gasteiger partial charge in [-0.2, -0.15) is 0 Å². The summed E-state index contributed by atoms with van der Waals surface area (Å²) in [5.74, 6) is -2.41. The lowest BCUT2D eigenvalue weighted by Gasteiger charge is -2.16. The van der Waals surface area contributed by atoms with Gasteiger partial charge < -0.3 is 43.7 Å². The summed E-state index contributed by atoms with van der Waals surface area (Å²) in [6.07, 6.45) is -2.49. The van der Waals surface area contributed by atoms with Crippen LogP contribution in [0.5, 0.6) is 34.5 Å². The van der Waals surface area contributed by atoms with Crippen molar-refractivity contribution in [3.8, 4) is 68.7 Å². The maximum absolute atomic E-state index is 12.0. The Morgan fingerprint density at radius 2 is 0.898 bits per heavy atom. The third kappa shape index (κ3) is 8.43. The molecular formula is C34H35N3O12. The first-order valence-corrected chi connectivity index (χ1v) is 14.9. The first-order chi connectivity index (χ1) is 23.4. The molecule has 258 valence electrons. The molecule has 4 aromatic rings. The van der Waals surface area contributed by atoms with Gasteiger partial charge >= 0.3 is 17.9 Å². The van der Waals surface area contributed by atoms with Gasteiger partial charge in [0.05, 0.1) is 38.0 Å². The number of ether oxygens (including phenoxy) is 6. The molecule has 3 N–H and O–H groups in total. The van der Waals surface area contributed by atoms with Crippen molar-refractivity contribution >= 4 is 17.9 Å². The number of phenolic OH excluding ortho intramolecular Hbond substituents is 3. The molecule has 1 heterocycles. The SMILES string of the molecule is CCC(Oc1ccc(-c2nc(-c3ccc(OC(C)C(=O)OC)cc3O)nc(-c3ccc(OC(C)C(=O)OC)cc3O)n2)c(O)c1)C(=O)OC. The van der Waals surface area contributed by atoms with Crippen LogP contribution < -0.4 is 14.2 Å². The number of hydrogen-bond acceptors (Lipinski definition) is 15. The van der Waals surface area contributed by atoms with E-state index < -0.39 is 36.2 Å². The third-order valence-corrected chi connectivity index (χ3v) is 7.07. The normalized spacial score (nSPS) is 12.6. The first kappa shape index (κ1) is 35.7. The lowest BCUT2D eigenvalue weighted by Crippen LogP contribution is -2.27. The van der Waals surface area contributed by atoms with E-state index in [1.807, 2.05) is 0 Å². The Hall–Kier alpha value is -6.12. The molecule has 15 nitrogen and oxygen atoms in total. The van der Waals surface area contributed by atoms with E-state index in [0.29, 0.717) is 6.42 Å². The predicted molar refractivity (Wildman–Crippen MR) is 172 cm³/mol. The standard InChI is InChI=1S/C34H35N3O12/c1-7-28(34(43)46-6)49-21-10-13-24(27(40)16-21)31-36-29(22-11-8-19(14-25(22)38)47-17(2)32(41)44-4)35-30(37-31)23-12-9-20(15-26(23)39)48-18(3)33(42)45-5/h8-18,28,38-40H,7H2,1-6H3. The lowest BCUT2D eigenvalue weighted by atomic mass is 10.1. The van der Waals surface area contributed by atoms with Crippen LogP contribution in [0.15, 0.2) is 54.6 Å². The Bertz CT molecular complexity index is 1760. The fourth-order valence-corrected chi connectivity index (χ4v) is 4.49. The van der Waals surface area contributed by atoms with Gasteiger partial charge in [-0.25, -0.2) is 29.3 Å². The van der Waals surface area contributed by atoms with E-state index in [9.17, 15) is 29.7 Å². The van der Waals surface area contributed by atoms with Crippen molar-refractivity contribution < 1.29 is 58.1 Å². The highest BCUT2D eigenvalue weighted by Crippen LogP contribution is 2.38. The molecule has 0 amide bonds. The number of aromatic nitrogens is 3. The molecule has 3 atom stereocenters. The average Bonchev–Trinajstić information content (AvgIpc) is 3.09. The van der Waals surface area contributed by atoms with Crippen molar-refractivity contribution in [3.63, 3.8) is 0 Å². The van der Waals surface area contributed by atoms with Crippen molar-refractivity contribution in [1.82, 2.24) is 15.0 Å². The Balaban J connectivity index is 1.80. The van der Waals surface area contributed by atoms with Crippen molar-refractivity contribution in [2.45, 2.75) is 45.5 Å². The molecular weight excluding hydrogens is 642 g/mol. The quantitative estimate of drug-likeness (QED) is 0.134. The van der Waals surface area contributed by atoms with Gasteiger partial charge in [-0.05, 0) is 56.7 Å². The van der Waals surface area contributed by atoms with Crippen molar-refractivity contribution in [1.29, 1.82) is 0 Å². The van der Waals surface area contributed by atoms with Crippen LogP contribution in [-0.2, 0) is 28.6 Å². The van der Waals surface area contributed by atoms with Crippen LogP contribution in [0.2, 0.25) is 0 Å². The van der Waals surface area contributed by atoms with E-state index in [1.165, 1.54) is 89.8 Å². The number of aromatic hydroxyl groups is 3. The molecule has 3 aromatic carbocycles. The molecule has 15 heteroatoms. The zero-order valence-electron chi connectivity index (χ0n) is 27.5. The summed E-state index contributed by atoms with van der Waals surface area (Å²) in [4.78, 5) is 49.1. The van der Waals surface area contributed by atoms with Crippen LogP contribution in [0, 0.1) is 0 Å². The summed E-state index contributed by atoms with van der Waals surface area (Å²) in [5.41, 5.74) is 0.372. The molecule has 0 spiro atoms.